The van der Waals surface area contributed by atoms with Crippen molar-refractivity contribution in [1.82, 2.24) is 40.4 Å². The zero-order valence-electron chi connectivity index (χ0n) is 35.3. The molecule has 63 heavy (non-hydrogen) atoms. The van der Waals surface area contributed by atoms with Gasteiger partial charge in [-0.1, -0.05) is 74.5 Å². The molecule has 2 aliphatic rings. The van der Waals surface area contributed by atoms with Gasteiger partial charge in [-0.15, -0.1) is 22.7 Å². The highest BCUT2D eigenvalue weighted by molar-refractivity contribution is 7.27. The van der Waals surface area contributed by atoms with E-state index in [1.807, 2.05) is 61.3 Å². The molecule has 1 unspecified atom stereocenters. The third kappa shape index (κ3) is 8.16. The fourth-order valence-corrected chi connectivity index (χ4v) is 11.3. The SMILES string of the molecule is COC(=O)N[C@H](C(=O)N1CCCC1c1nc2ccc(-c3csc4c(-c5ccc(-c6cnc([C@@H]7CCCN7C(=O)[C@H](NC(=O)OC)c7ccccc7)[nH]6)cc5)csc34)cc2[nH]1)C(C)C. The molecule has 4 N–H and O–H groups in total. The van der Waals surface area contributed by atoms with Gasteiger partial charge < -0.3 is 39.9 Å². The molecule has 2 aliphatic heterocycles. The Balaban J connectivity index is 0.905. The number of aromatic amines is 2. The van der Waals surface area contributed by atoms with Crippen LogP contribution < -0.4 is 10.6 Å². The standard InChI is InChI=1S/C47H48N8O6S2/c1-26(2)38(52-46(58)60-3)44(56)55-21-9-13-37(55)43-49-33-19-18-30(22-34(33)50-43)32-25-63-40-31(24-62-41(32)40)27-14-16-28(17-15-27)35-23-48-42(51-35)36-12-8-20-54(36)45(57)39(53-47(59)61-4)29-10-6-5-7-11-29/h5-7,10-11,14-19,22-26,36-39H,8-9,12-13,20-21H2,1-4H3,(H,48,51)(H,49,50)(H,52,58)(H,53,59)/t36-,37?,38-,39+/m0/s1. The van der Waals surface area contributed by atoms with Crippen molar-refractivity contribution in [3.63, 3.8) is 0 Å². The second kappa shape index (κ2) is 17.7. The number of amides is 4. The number of rotatable bonds is 11. The molecular weight excluding hydrogens is 837 g/mol. The van der Waals surface area contributed by atoms with Crippen LogP contribution in [0.3, 0.4) is 0 Å². The van der Waals surface area contributed by atoms with Gasteiger partial charge in [0.05, 0.1) is 58.6 Å². The van der Waals surface area contributed by atoms with Crippen molar-refractivity contribution in [2.24, 2.45) is 5.92 Å². The fourth-order valence-electron chi connectivity index (χ4n) is 8.84. The lowest BCUT2D eigenvalue weighted by Crippen LogP contribution is -2.51. The number of benzene rings is 3. The third-order valence-corrected chi connectivity index (χ3v) is 14.3. The van der Waals surface area contributed by atoms with Crippen molar-refractivity contribution in [2.45, 2.75) is 63.7 Å². The Labute approximate surface area is 372 Å². The molecule has 0 aliphatic carbocycles. The first kappa shape index (κ1) is 41.8. The number of likely N-dealkylation sites (tertiary alicyclic amines) is 2. The van der Waals surface area contributed by atoms with Gasteiger partial charge in [-0.2, -0.15) is 0 Å². The van der Waals surface area contributed by atoms with Gasteiger partial charge in [0.15, 0.2) is 0 Å². The summed E-state index contributed by atoms with van der Waals surface area (Å²) in [5.41, 5.74) is 8.80. The molecule has 2 saturated heterocycles. The molecule has 0 saturated carbocycles. The smallest absolute Gasteiger partial charge is 0.407 e. The average Bonchev–Trinajstić information content (AvgIpc) is 4.17. The third-order valence-electron chi connectivity index (χ3n) is 12.1. The van der Waals surface area contributed by atoms with Crippen LogP contribution in [0.5, 0.6) is 0 Å². The first-order chi connectivity index (χ1) is 30.6. The Morgan fingerprint density at radius 3 is 2.00 bits per heavy atom. The van der Waals surface area contributed by atoms with Crippen molar-refractivity contribution >= 4 is 67.1 Å². The van der Waals surface area contributed by atoms with Crippen molar-refractivity contribution in [3.8, 4) is 33.5 Å². The number of hydrogen-bond acceptors (Lipinski definition) is 10. The second-order valence-corrected chi connectivity index (χ2v) is 18.0. The summed E-state index contributed by atoms with van der Waals surface area (Å²) in [5, 5.41) is 9.88. The number of carbonyl (C=O) groups is 4. The molecule has 324 valence electrons. The molecule has 9 rings (SSSR count). The van der Waals surface area contributed by atoms with E-state index >= 15 is 0 Å². The van der Waals surface area contributed by atoms with Crippen LogP contribution in [0.4, 0.5) is 9.59 Å². The average molecular weight is 885 g/mol. The second-order valence-electron chi connectivity index (χ2n) is 16.3. The van der Waals surface area contributed by atoms with Gasteiger partial charge in [0.1, 0.15) is 23.7 Å². The molecule has 4 aromatic heterocycles. The van der Waals surface area contributed by atoms with E-state index < -0.39 is 24.3 Å². The fraction of sp³-hybridized carbons (Fsp3) is 0.319. The van der Waals surface area contributed by atoms with Gasteiger partial charge in [0.25, 0.3) is 5.91 Å². The maximum atomic E-state index is 14.0. The number of H-pyrrole nitrogens is 2. The van der Waals surface area contributed by atoms with Crippen LogP contribution in [0.15, 0.2) is 89.8 Å². The number of thiophene rings is 2. The number of hydrogen-bond donors (Lipinski definition) is 4. The van der Waals surface area contributed by atoms with Gasteiger partial charge in [0.2, 0.25) is 5.91 Å². The summed E-state index contributed by atoms with van der Waals surface area (Å²) >= 11 is 3.46. The number of imidazole rings is 2. The quantitative estimate of drug-likeness (QED) is 0.0994. The van der Waals surface area contributed by atoms with E-state index in [2.05, 4.69) is 67.8 Å². The van der Waals surface area contributed by atoms with Gasteiger partial charge >= 0.3 is 12.2 Å². The molecule has 14 nitrogen and oxygen atoms in total. The summed E-state index contributed by atoms with van der Waals surface area (Å²) in [6.45, 7) is 4.97. The number of ether oxygens (including phenoxy) is 2. The van der Waals surface area contributed by atoms with Gasteiger partial charge in [-0.3, -0.25) is 9.59 Å². The van der Waals surface area contributed by atoms with E-state index in [1.54, 1.807) is 27.6 Å². The Morgan fingerprint density at radius 1 is 0.730 bits per heavy atom. The van der Waals surface area contributed by atoms with E-state index in [9.17, 15) is 19.2 Å². The lowest BCUT2D eigenvalue weighted by atomic mass is 10.0. The minimum absolute atomic E-state index is 0.110. The zero-order chi connectivity index (χ0) is 43.8. The van der Waals surface area contributed by atoms with Crippen molar-refractivity contribution < 1.29 is 28.7 Å². The van der Waals surface area contributed by atoms with Gasteiger partial charge in [-0.05, 0) is 66.0 Å². The highest BCUT2D eigenvalue weighted by Crippen LogP contribution is 2.45. The zero-order valence-corrected chi connectivity index (χ0v) is 37.0. The normalized spacial score (nSPS) is 17.3. The predicted octanol–water partition coefficient (Wildman–Crippen LogP) is 9.37. The first-order valence-electron chi connectivity index (χ1n) is 21.1. The molecule has 16 heteroatoms. The minimum Gasteiger partial charge on any atom is -0.453 e. The van der Waals surface area contributed by atoms with Crippen molar-refractivity contribution in [2.75, 3.05) is 27.3 Å². The summed E-state index contributed by atoms with van der Waals surface area (Å²) in [4.78, 5) is 72.3. The maximum Gasteiger partial charge on any atom is 0.407 e. The molecule has 2 fully saturated rings. The van der Waals surface area contributed by atoms with Crippen LogP contribution in [0.1, 0.15) is 74.9 Å². The van der Waals surface area contributed by atoms with E-state index in [1.165, 1.54) is 29.2 Å². The summed E-state index contributed by atoms with van der Waals surface area (Å²) < 4.78 is 12.1. The number of fused-ring (bicyclic) bond motifs is 2. The Hall–Kier alpha value is -6.52. The molecule has 4 amide bonds. The van der Waals surface area contributed by atoms with Crippen LogP contribution in [0, 0.1) is 5.92 Å². The maximum absolute atomic E-state index is 14.0. The summed E-state index contributed by atoms with van der Waals surface area (Å²) in [6, 6.07) is 21.9. The number of alkyl carbamates (subject to hydrolysis) is 2. The molecular formula is C47H48N8O6S2. The largest absolute Gasteiger partial charge is 0.453 e. The molecule has 0 radical (unpaired) electrons. The number of methoxy groups -OCH3 is 2. The predicted molar refractivity (Wildman–Crippen MR) is 244 cm³/mol. The number of nitrogens with zero attached hydrogens (tertiary/aromatic N) is 4. The summed E-state index contributed by atoms with van der Waals surface area (Å²) in [7, 11) is 2.58. The monoisotopic (exact) mass is 884 g/mol. The van der Waals surface area contributed by atoms with E-state index in [0.717, 1.165) is 70.5 Å². The van der Waals surface area contributed by atoms with Crippen LogP contribution in [0.25, 0.3) is 53.9 Å². The van der Waals surface area contributed by atoms with Gasteiger partial charge in [-0.25, -0.2) is 19.6 Å². The van der Waals surface area contributed by atoms with Gasteiger partial charge in [0, 0.05) is 35.0 Å². The lowest BCUT2D eigenvalue weighted by molar-refractivity contribution is -0.135. The summed E-state index contributed by atoms with van der Waals surface area (Å²) in [6.07, 6.45) is 3.73. The molecule has 6 heterocycles. The van der Waals surface area contributed by atoms with Crippen LogP contribution >= 0.6 is 22.7 Å². The highest BCUT2D eigenvalue weighted by atomic mass is 32.1. The molecule has 0 spiro atoms. The first-order valence-corrected chi connectivity index (χ1v) is 22.9. The van der Waals surface area contributed by atoms with E-state index in [-0.39, 0.29) is 29.8 Å². The Morgan fingerprint density at radius 2 is 1.33 bits per heavy atom. The topological polar surface area (TPSA) is 175 Å². The Bertz CT molecular complexity index is 2790. The Kier molecular flexibility index (Phi) is 11.7. The lowest BCUT2D eigenvalue weighted by Gasteiger charge is -2.29. The number of aromatic nitrogens is 4. The minimum atomic E-state index is -0.880. The molecule has 3 aromatic carbocycles. The highest BCUT2D eigenvalue weighted by Gasteiger charge is 2.39. The van der Waals surface area contributed by atoms with Crippen LogP contribution in [-0.4, -0.2) is 87.1 Å². The van der Waals surface area contributed by atoms with Crippen molar-refractivity contribution in [3.05, 3.63) is 107 Å². The van der Waals surface area contributed by atoms with Crippen LogP contribution in [0.2, 0.25) is 0 Å². The molecule has 4 atom stereocenters. The number of nitrogens with one attached hydrogen (secondary N) is 4. The molecule has 0 bridgehead atoms. The number of carbonyl (C=O) groups excluding carboxylic acids is 4. The van der Waals surface area contributed by atoms with Crippen LogP contribution in [-0.2, 0) is 19.1 Å². The van der Waals surface area contributed by atoms with E-state index in [0.29, 0.717) is 24.5 Å². The van der Waals surface area contributed by atoms with Crippen molar-refractivity contribution in [1.29, 1.82) is 0 Å². The van der Waals surface area contributed by atoms with E-state index in [4.69, 9.17) is 19.4 Å². The molecule has 7 aromatic rings. The summed E-state index contributed by atoms with van der Waals surface area (Å²) in [5.74, 6) is 1.00.